The molecule has 0 bridgehead atoms. The van der Waals surface area contributed by atoms with Crippen LogP contribution in [0.15, 0.2) is 66.8 Å². The Kier molecular flexibility index (Phi) is 21.6. The van der Waals surface area contributed by atoms with Crippen LogP contribution < -0.4 is 51.4 Å². The fourth-order valence-electron chi connectivity index (χ4n) is 3.56. The predicted octanol–water partition coefficient (Wildman–Crippen LogP) is 7.18. The smallest absolute Gasteiger partial charge is 0.184 e. The van der Waals surface area contributed by atoms with Crippen LogP contribution in [-0.4, -0.2) is 0 Å². The average molecular weight is 471 g/mol. The summed E-state index contributed by atoms with van der Waals surface area (Å²) in [6, 6.07) is 15.3. The molecule has 0 heterocycles. The van der Waals surface area contributed by atoms with Gasteiger partial charge in [0.15, 0.2) is 0 Å². The molecule has 0 saturated carbocycles. The Morgan fingerprint density at radius 2 is 1.36 bits per heavy atom. The van der Waals surface area contributed by atoms with Gasteiger partial charge in [-0.1, -0.05) is 96.2 Å². The average Bonchev–Trinajstić information content (AvgIpc) is 2.78. The van der Waals surface area contributed by atoms with Gasteiger partial charge in [-0.15, -0.1) is 0 Å². The number of hydrogen-bond donors (Lipinski definition) is 0. The first-order chi connectivity index (χ1) is 15.2. The largest absolute Gasteiger partial charge is 1.00 e. The normalized spacial score (nSPS) is 10.1. The van der Waals surface area contributed by atoms with Crippen LogP contribution in [0.4, 0.5) is 0 Å². The fraction of sp³-hybridized carbons (Fsp3) is 0.438. The van der Waals surface area contributed by atoms with Crippen LogP contribution in [-0.2, 0) is 6.42 Å². The van der Waals surface area contributed by atoms with E-state index in [2.05, 4.69) is 91.1 Å². The van der Waals surface area contributed by atoms with Crippen LogP contribution in [0.25, 0.3) is 5.57 Å². The minimum Gasteiger partial charge on any atom is -0.184 e. The third kappa shape index (κ3) is 13.7. The minimum absolute atomic E-state index is 0. The van der Waals surface area contributed by atoms with Gasteiger partial charge in [0.1, 0.15) is 0 Å². The van der Waals surface area contributed by atoms with Crippen LogP contribution in [0, 0.1) is 26.8 Å². The van der Waals surface area contributed by atoms with Gasteiger partial charge in [0, 0.05) is 0 Å². The zero-order valence-corrected chi connectivity index (χ0v) is 26.3. The summed E-state index contributed by atoms with van der Waals surface area (Å²) < 4.78 is 0. The van der Waals surface area contributed by atoms with E-state index in [-0.39, 0.29) is 51.4 Å². The summed E-state index contributed by atoms with van der Waals surface area (Å²) in [7, 11) is 0. The van der Waals surface area contributed by atoms with E-state index in [0.29, 0.717) is 0 Å². The van der Waals surface area contributed by atoms with Gasteiger partial charge in [0.2, 0.25) is 0 Å². The van der Waals surface area contributed by atoms with Crippen LogP contribution in [0.5, 0.6) is 0 Å². The van der Waals surface area contributed by atoms with Crippen molar-refractivity contribution in [3.63, 3.8) is 0 Å². The Labute approximate surface area is 249 Å². The molecular formula is C32H47K. The van der Waals surface area contributed by atoms with Gasteiger partial charge in [-0.05, 0) is 68.0 Å². The van der Waals surface area contributed by atoms with Crippen molar-refractivity contribution in [3.05, 3.63) is 101 Å². The van der Waals surface area contributed by atoms with Crippen LogP contribution >= 0.6 is 0 Å². The van der Waals surface area contributed by atoms with Crippen LogP contribution in [0.3, 0.4) is 0 Å². The van der Waals surface area contributed by atoms with E-state index in [1.807, 2.05) is 26.0 Å². The van der Waals surface area contributed by atoms with Crippen molar-refractivity contribution in [1.29, 1.82) is 0 Å². The third-order valence-corrected chi connectivity index (χ3v) is 5.72. The van der Waals surface area contributed by atoms with Crippen molar-refractivity contribution in [2.75, 3.05) is 0 Å². The molecule has 176 valence electrons. The van der Waals surface area contributed by atoms with Gasteiger partial charge in [0.05, 0.1) is 0 Å². The van der Waals surface area contributed by atoms with E-state index >= 15 is 0 Å². The number of hydrogen-bond acceptors (Lipinski definition) is 0. The van der Waals surface area contributed by atoms with Gasteiger partial charge in [-0.3, -0.25) is 0 Å². The maximum absolute atomic E-state index is 4.25. The van der Waals surface area contributed by atoms with Gasteiger partial charge in [-0.25, -0.2) is 0 Å². The van der Waals surface area contributed by atoms with Crippen molar-refractivity contribution in [3.8, 4) is 0 Å². The SMILES string of the molecule is C=C(C)/C(=C/C)C(=C)c1c(C)ccc(C)c1C.CCCCCCC.CCc1cc[c-]cc1.[K+]. The Morgan fingerprint density at radius 1 is 0.848 bits per heavy atom. The second kappa shape index (κ2) is 20.7. The number of unbranched alkanes of at least 4 members (excludes halogenated alkanes) is 4. The first-order valence-corrected chi connectivity index (χ1v) is 12.3. The molecule has 2 rings (SSSR count). The molecule has 0 atom stereocenters. The standard InChI is InChI=1S/C17H22.C8H9.C7H16.K/c1-8-16(11(2)3)15(7)17-13(5)10-9-12(4)14(17)6;1-2-8-6-4-3-5-7-8;1-3-5-7-6-4-2;/h8-10H,2,7H2,1,3-6H3;4-7H,2H2,1H3;3-7H2,1-2H3;/q;-1;;+1/b16-8-;;;. The van der Waals surface area contributed by atoms with Crippen molar-refractivity contribution in [1.82, 2.24) is 0 Å². The van der Waals surface area contributed by atoms with Crippen molar-refractivity contribution < 1.29 is 51.4 Å². The molecule has 0 aromatic heterocycles. The Bertz CT molecular complexity index is 836. The molecule has 1 heteroatoms. The zero-order valence-electron chi connectivity index (χ0n) is 23.2. The van der Waals surface area contributed by atoms with Gasteiger partial charge >= 0.3 is 51.4 Å². The Morgan fingerprint density at radius 3 is 1.76 bits per heavy atom. The van der Waals surface area contributed by atoms with Crippen molar-refractivity contribution in [2.45, 2.75) is 93.9 Å². The number of allylic oxidation sites excluding steroid dienone is 4. The van der Waals surface area contributed by atoms with Gasteiger partial charge in [-0.2, -0.15) is 35.9 Å². The monoisotopic (exact) mass is 470 g/mol. The quantitative estimate of drug-likeness (QED) is 0.166. The first-order valence-electron chi connectivity index (χ1n) is 12.3. The van der Waals surface area contributed by atoms with Crippen molar-refractivity contribution in [2.24, 2.45) is 0 Å². The molecule has 0 aliphatic carbocycles. The van der Waals surface area contributed by atoms with E-state index in [1.54, 1.807) is 0 Å². The fourth-order valence-corrected chi connectivity index (χ4v) is 3.56. The Hall–Kier alpha value is -0.704. The van der Waals surface area contributed by atoms with Gasteiger partial charge in [0.25, 0.3) is 0 Å². The summed E-state index contributed by atoms with van der Waals surface area (Å²) in [5.41, 5.74) is 9.85. The molecule has 0 N–H and O–H groups in total. The maximum atomic E-state index is 4.25. The van der Waals surface area contributed by atoms with Crippen molar-refractivity contribution >= 4 is 5.57 Å². The Balaban J connectivity index is 0. The molecule has 2 aromatic rings. The molecule has 0 fully saturated rings. The van der Waals surface area contributed by atoms with E-state index in [1.165, 1.54) is 59.9 Å². The summed E-state index contributed by atoms with van der Waals surface area (Å²) >= 11 is 0. The molecule has 0 spiro atoms. The molecule has 33 heavy (non-hydrogen) atoms. The first kappa shape index (κ1) is 34.5. The molecule has 0 radical (unpaired) electrons. The van der Waals surface area contributed by atoms with Crippen LogP contribution in [0.1, 0.15) is 94.5 Å². The summed E-state index contributed by atoms with van der Waals surface area (Å²) in [5.74, 6) is 0. The van der Waals surface area contributed by atoms with E-state index in [9.17, 15) is 0 Å². The molecule has 0 nitrogen and oxygen atoms in total. The maximum Gasteiger partial charge on any atom is 1.00 e. The second-order valence-electron chi connectivity index (χ2n) is 8.48. The van der Waals surface area contributed by atoms with E-state index in [0.717, 1.165) is 23.1 Å². The molecular weight excluding hydrogens is 423 g/mol. The number of benzene rings is 2. The zero-order chi connectivity index (χ0) is 24.5. The third-order valence-electron chi connectivity index (χ3n) is 5.72. The molecule has 0 aliphatic heterocycles. The second-order valence-corrected chi connectivity index (χ2v) is 8.48. The van der Waals surface area contributed by atoms with E-state index < -0.39 is 0 Å². The number of aryl methyl sites for hydroxylation is 3. The molecule has 2 aromatic carbocycles. The summed E-state index contributed by atoms with van der Waals surface area (Å²) in [4.78, 5) is 0. The minimum atomic E-state index is 0. The van der Waals surface area contributed by atoms with Gasteiger partial charge < -0.3 is 0 Å². The molecule has 0 amide bonds. The van der Waals surface area contributed by atoms with E-state index in [4.69, 9.17) is 0 Å². The van der Waals surface area contributed by atoms with Crippen LogP contribution in [0.2, 0.25) is 0 Å². The number of rotatable bonds is 8. The summed E-state index contributed by atoms with van der Waals surface area (Å²) in [5, 5.41) is 0. The predicted molar refractivity (Wildman–Crippen MR) is 147 cm³/mol. The molecule has 0 saturated heterocycles. The molecule has 0 unspecified atom stereocenters. The summed E-state index contributed by atoms with van der Waals surface area (Å²) in [6.07, 6.45) is 10.2. The molecule has 0 aliphatic rings. The summed E-state index contributed by atoms with van der Waals surface area (Å²) in [6.45, 7) is 25.4. The topological polar surface area (TPSA) is 0 Å².